The highest BCUT2D eigenvalue weighted by molar-refractivity contribution is 9.10. The number of likely N-dealkylation sites (N-methyl/N-ethyl adjacent to an activating group) is 1. The van der Waals surface area contributed by atoms with E-state index in [0.29, 0.717) is 0 Å². The molecular formula is C12H16BrNO2. The van der Waals surface area contributed by atoms with E-state index in [1.165, 1.54) is 18.7 Å². The van der Waals surface area contributed by atoms with E-state index in [1.807, 2.05) is 25.1 Å². The molecule has 1 aromatic carbocycles. The van der Waals surface area contributed by atoms with Crippen LogP contribution >= 0.6 is 15.9 Å². The number of aliphatic hydroxyl groups is 1. The van der Waals surface area contributed by atoms with Crippen LogP contribution in [0.5, 0.6) is 0 Å². The highest BCUT2D eigenvalue weighted by Crippen LogP contribution is 2.25. The Morgan fingerprint density at radius 2 is 2.00 bits per heavy atom. The zero-order chi connectivity index (χ0) is 12.5. The molecule has 16 heavy (non-hydrogen) atoms. The minimum Gasteiger partial charge on any atom is -0.381 e. The van der Waals surface area contributed by atoms with Crippen LogP contribution in [0, 0.1) is 6.92 Å². The summed E-state index contributed by atoms with van der Waals surface area (Å²) in [6, 6.07) is 5.70. The molecule has 4 heteroatoms. The maximum Gasteiger partial charge on any atom is 0.258 e. The number of carbonyl (C=O) groups excluding carboxylic acids is 1. The van der Waals surface area contributed by atoms with Crippen LogP contribution in [0.15, 0.2) is 22.7 Å². The van der Waals surface area contributed by atoms with Gasteiger partial charge in [0.2, 0.25) is 0 Å². The van der Waals surface area contributed by atoms with Gasteiger partial charge in [0.25, 0.3) is 5.91 Å². The summed E-state index contributed by atoms with van der Waals surface area (Å²) in [6.07, 6.45) is 0. The molecule has 0 saturated carbocycles. The SMILES string of the molecule is Cc1ccc(Br)cc1N(C)C(=O)C(C)(C)O. The lowest BCUT2D eigenvalue weighted by Gasteiger charge is -2.26. The zero-order valence-electron chi connectivity index (χ0n) is 9.91. The first kappa shape index (κ1) is 13.2. The van der Waals surface area contributed by atoms with E-state index in [0.717, 1.165) is 15.7 Å². The highest BCUT2D eigenvalue weighted by atomic mass is 79.9. The summed E-state index contributed by atoms with van der Waals surface area (Å²) in [5.41, 5.74) is 0.425. The Bertz CT molecular complexity index is 410. The smallest absolute Gasteiger partial charge is 0.258 e. The van der Waals surface area contributed by atoms with Gasteiger partial charge >= 0.3 is 0 Å². The quantitative estimate of drug-likeness (QED) is 0.907. The molecular weight excluding hydrogens is 270 g/mol. The first-order chi connectivity index (χ1) is 7.23. The number of hydrogen-bond donors (Lipinski definition) is 1. The molecule has 0 aromatic heterocycles. The summed E-state index contributed by atoms with van der Waals surface area (Å²) in [7, 11) is 1.66. The van der Waals surface area contributed by atoms with Crippen LogP contribution in [0.2, 0.25) is 0 Å². The molecule has 0 aliphatic carbocycles. The summed E-state index contributed by atoms with van der Waals surface area (Å²) in [4.78, 5) is 13.4. The van der Waals surface area contributed by atoms with Crippen molar-refractivity contribution >= 4 is 27.5 Å². The van der Waals surface area contributed by atoms with Gasteiger partial charge in [0.05, 0.1) is 0 Å². The number of anilines is 1. The van der Waals surface area contributed by atoms with E-state index in [1.54, 1.807) is 7.05 Å². The Morgan fingerprint density at radius 3 is 2.50 bits per heavy atom. The Hall–Kier alpha value is -0.870. The van der Waals surface area contributed by atoms with E-state index in [9.17, 15) is 9.90 Å². The van der Waals surface area contributed by atoms with Gasteiger partial charge < -0.3 is 10.0 Å². The van der Waals surface area contributed by atoms with Gasteiger partial charge in [-0.25, -0.2) is 0 Å². The van der Waals surface area contributed by atoms with E-state index in [4.69, 9.17) is 0 Å². The predicted molar refractivity (Wildman–Crippen MR) is 68.6 cm³/mol. The third-order valence-electron chi connectivity index (χ3n) is 2.36. The first-order valence-corrected chi connectivity index (χ1v) is 5.79. The number of benzene rings is 1. The molecule has 0 atom stereocenters. The van der Waals surface area contributed by atoms with Gasteiger partial charge in [0, 0.05) is 17.2 Å². The predicted octanol–water partition coefficient (Wildman–Crippen LogP) is 2.49. The normalized spacial score (nSPS) is 11.4. The van der Waals surface area contributed by atoms with E-state index in [-0.39, 0.29) is 5.91 Å². The maximum atomic E-state index is 11.9. The number of halogens is 1. The summed E-state index contributed by atoms with van der Waals surface area (Å²) in [5, 5.41) is 9.68. The average Bonchev–Trinajstić information content (AvgIpc) is 2.18. The fourth-order valence-corrected chi connectivity index (χ4v) is 1.81. The van der Waals surface area contributed by atoms with E-state index >= 15 is 0 Å². The van der Waals surface area contributed by atoms with Gasteiger partial charge in [0.15, 0.2) is 0 Å². The van der Waals surface area contributed by atoms with E-state index < -0.39 is 5.60 Å². The second-order valence-electron chi connectivity index (χ2n) is 4.35. The molecule has 0 spiro atoms. The zero-order valence-corrected chi connectivity index (χ0v) is 11.5. The van der Waals surface area contributed by atoms with Gasteiger partial charge in [0.1, 0.15) is 5.60 Å². The van der Waals surface area contributed by atoms with Crippen molar-refractivity contribution in [2.45, 2.75) is 26.4 Å². The molecule has 0 fully saturated rings. The molecule has 88 valence electrons. The molecule has 0 unspecified atom stereocenters. The lowest BCUT2D eigenvalue weighted by molar-refractivity contribution is -0.133. The molecule has 3 nitrogen and oxygen atoms in total. The summed E-state index contributed by atoms with van der Waals surface area (Å²) >= 11 is 3.36. The number of amides is 1. The lowest BCUT2D eigenvalue weighted by atomic mass is 10.1. The Labute approximate surface area is 104 Å². The van der Waals surface area contributed by atoms with E-state index in [2.05, 4.69) is 15.9 Å². The summed E-state index contributed by atoms with van der Waals surface area (Å²) < 4.78 is 0.906. The van der Waals surface area contributed by atoms with Crippen LogP contribution in [0.4, 0.5) is 5.69 Å². The van der Waals surface area contributed by atoms with Crippen molar-refractivity contribution in [1.29, 1.82) is 0 Å². The molecule has 1 N–H and O–H groups in total. The van der Waals surface area contributed by atoms with Crippen LogP contribution in [-0.2, 0) is 4.79 Å². The van der Waals surface area contributed by atoms with Crippen LogP contribution in [0.1, 0.15) is 19.4 Å². The number of rotatable bonds is 2. The second kappa shape index (κ2) is 4.55. The second-order valence-corrected chi connectivity index (χ2v) is 5.27. The number of carbonyl (C=O) groups is 1. The molecule has 0 saturated heterocycles. The van der Waals surface area contributed by atoms with Crippen LogP contribution in [-0.4, -0.2) is 23.7 Å². The van der Waals surface area contributed by atoms with Crippen molar-refractivity contribution < 1.29 is 9.90 Å². The number of aryl methyl sites for hydroxylation is 1. The fraction of sp³-hybridized carbons (Fsp3) is 0.417. The minimum atomic E-state index is -1.36. The Balaban J connectivity index is 3.10. The maximum absolute atomic E-state index is 11.9. The van der Waals surface area contributed by atoms with Gasteiger partial charge in [-0.15, -0.1) is 0 Å². The monoisotopic (exact) mass is 285 g/mol. The molecule has 0 aliphatic heterocycles. The van der Waals surface area contributed by atoms with Gasteiger partial charge in [-0.3, -0.25) is 4.79 Å². The number of hydrogen-bond acceptors (Lipinski definition) is 2. The van der Waals surface area contributed by atoms with Crippen LogP contribution in [0.25, 0.3) is 0 Å². The standard InChI is InChI=1S/C12H16BrNO2/c1-8-5-6-9(13)7-10(8)14(4)11(15)12(2,3)16/h5-7,16H,1-4H3. The molecule has 0 heterocycles. The lowest BCUT2D eigenvalue weighted by Crippen LogP contribution is -2.43. The third kappa shape index (κ3) is 2.83. The van der Waals surface area contributed by atoms with Crippen molar-refractivity contribution in [3.63, 3.8) is 0 Å². The van der Waals surface area contributed by atoms with Crippen molar-refractivity contribution in [2.75, 3.05) is 11.9 Å². The molecule has 1 aromatic rings. The van der Waals surface area contributed by atoms with Crippen molar-refractivity contribution in [2.24, 2.45) is 0 Å². The third-order valence-corrected chi connectivity index (χ3v) is 2.85. The molecule has 1 rings (SSSR count). The first-order valence-electron chi connectivity index (χ1n) is 5.00. The topological polar surface area (TPSA) is 40.5 Å². The van der Waals surface area contributed by atoms with Gasteiger partial charge in [-0.1, -0.05) is 22.0 Å². The molecule has 0 bridgehead atoms. The van der Waals surface area contributed by atoms with Crippen molar-refractivity contribution in [1.82, 2.24) is 0 Å². The fourth-order valence-electron chi connectivity index (χ4n) is 1.46. The van der Waals surface area contributed by atoms with Crippen LogP contribution in [0.3, 0.4) is 0 Å². The Kier molecular flexibility index (Phi) is 3.76. The number of nitrogens with zero attached hydrogens (tertiary/aromatic N) is 1. The van der Waals surface area contributed by atoms with Crippen LogP contribution < -0.4 is 4.90 Å². The Morgan fingerprint density at radius 1 is 1.44 bits per heavy atom. The van der Waals surface area contributed by atoms with Gasteiger partial charge in [-0.05, 0) is 38.5 Å². The van der Waals surface area contributed by atoms with Crippen molar-refractivity contribution in [3.8, 4) is 0 Å². The molecule has 0 aliphatic rings. The minimum absolute atomic E-state index is 0.325. The summed E-state index contributed by atoms with van der Waals surface area (Å²) in [6.45, 7) is 4.90. The largest absolute Gasteiger partial charge is 0.381 e. The van der Waals surface area contributed by atoms with Gasteiger partial charge in [-0.2, -0.15) is 0 Å². The highest BCUT2D eigenvalue weighted by Gasteiger charge is 2.28. The van der Waals surface area contributed by atoms with Crippen molar-refractivity contribution in [3.05, 3.63) is 28.2 Å². The molecule has 0 radical (unpaired) electrons. The molecule has 1 amide bonds. The average molecular weight is 286 g/mol. The summed E-state index contributed by atoms with van der Waals surface area (Å²) in [5.74, 6) is -0.325.